The molecule has 1 N–H and O–H groups in total. The third kappa shape index (κ3) is 8.78. The Morgan fingerprint density at radius 3 is 2.44 bits per heavy atom. The van der Waals surface area contributed by atoms with Crippen LogP contribution in [0.1, 0.15) is 20.8 Å². The number of carboxylic acid groups (broad SMARTS) is 1. The molecule has 0 saturated carbocycles. The number of rotatable bonds is 10. The molecule has 0 atom stereocenters. The van der Waals surface area contributed by atoms with Gasteiger partial charge in [-0.25, -0.2) is 4.79 Å². The lowest BCUT2D eigenvalue weighted by Crippen LogP contribution is -2.25. The number of carbonyl (C=O) groups is 1. The van der Waals surface area contributed by atoms with Gasteiger partial charge in [0.2, 0.25) is 0 Å². The fourth-order valence-electron chi connectivity index (χ4n) is 1.28. The summed E-state index contributed by atoms with van der Waals surface area (Å²) in [7, 11) is 0. The highest BCUT2D eigenvalue weighted by atomic mass is 16.5. The van der Waals surface area contributed by atoms with E-state index < -0.39 is 11.6 Å². The molecule has 5 nitrogen and oxygen atoms in total. The second-order valence-electron chi connectivity index (χ2n) is 4.23. The van der Waals surface area contributed by atoms with Crippen molar-refractivity contribution in [3.8, 4) is 0 Å². The zero-order chi connectivity index (χ0) is 14.0. The van der Waals surface area contributed by atoms with Crippen LogP contribution in [0.5, 0.6) is 0 Å². The quantitative estimate of drug-likeness (QED) is 0.369. The largest absolute Gasteiger partial charge is 0.499 e. The van der Waals surface area contributed by atoms with E-state index >= 15 is 0 Å². The molecule has 0 aromatic carbocycles. The molecule has 5 heteroatoms. The summed E-state index contributed by atoms with van der Waals surface area (Å²) < 4.78 is 15.7. The van der Waals surface area contributed by atoms with Crippen molar-refractivity contribution in [1.29, 1.82) is 0 Å². The Hall–Kier alpha value is -1.33. The first-order valence-electron chi connectivity index (χ1n) is 5.76. The van der Waals surface area contributed by atoms with E-state index in [4.69, 9.17) is 19.3 Å². The molecule has 0 unspecified atom stereocenters. The Bertz CT molecular complexity index is 294. The van der Waals surface area contributed by atoms with Crippen molar-refractivity contribution in [1.82, 2.24) is 0 Å². The van der Waals surface area contributed by atoms with Crippen LogP contribution in [-0.2, 0) is 19.0 Å². The molecule has 0 radical (unpaired) electrons. The van der Waals surface area contributed by atoms with Gasteiger partial charge in [0.05, 0.1) is 31.7 Å². The van der Waals surface area contributed by atoms with E-state index in [1.54, 1.807) is 19.9 Å². The molecule has 18 heavy (non-hydrogen) atoms. The molecule has 104 valence electrons. The maximum Gasteiger partial charge on any atom is 0.331 e. The molecular weight excluding hydrogens is 236 g/mol. The molecule has 0 spiro atoms. The highest BCUT2D eigenvalue weighted by Crippen LogP contribution is 2.13. The predicted octanol–water partition coefficient (Wildman–Crippen LogP) is 1.99. The Morgan fingerprint density at radius 2 is 1.89 bits per heavy atom. The van der Waals surface area contributed by atoms with Crippen LogP contribution in [0, 0.1) is 0 Å². The summed E-state index contributed by atoms with van der Waals surface area (Å²) in [5.41, 5.74) is -0.357. The molecule has 0 bridgehead atoms. The summed E-state index contributed by atoms with van der Waals surface area (Å²) in [4.78, 5) is 10.7. The summed E-state index contributed by atoms with van der Waals surface area (Å²) in [5.74, 6) is -0.940. The van der Waals surface area contributed by atoms with E-state index in [0.29, 0.717) is 26.4 Å². The van der Waals surface area contributed by atoms with Crippen LogP contribution in [0.25, 0.3) is 0 Å². The first-order chi connectivity index (χ1) is 8.39. The van der Waals surface area contributed by atoms with Crippen LogP contribution in [-0.4, -0.2) is 43.1 Å². The number of carboxylic acids is 1. The van der Waals surface area contributed by atoms with Gasteiger partial charge in [-0.15, -0.1) is 0 Å². The first-order valence-corrected chi connectivity index (χ1v) is 5.76. The van der Waals surface area contributed by atoms with Gasteiger partial charge < -0.3 is 19.3 Å². The van der Waals surface area contributed by atoms with E-state index in [1.165, 1.54) is 13.2 Å². The lowest BCUT2D eigenvalue weighted by Gasteiger charge is -2.22. The Morgan fingerprint density at radius 1 is 1.28 bits per heavy atom. The number of hydrogen-bond donors (Lipinski definition) is 1. The zero-order valence-corrected chi connectivity index (χ0v) is 11.3. The summed E-state index contributed by atoms with van der Waals surface area (Å²) in [6.45, 7) is 10.3. The highest BCUT2D eigenvalue weighted by molar-refractivity contribution is 5.85. The van der Waals surface area contributed by atoms with Gasteiger partial charge in [0.25, 0.3) is 0 Å². The Kier molecular flexibility index (Phi) is 8.07. The van der Waals surface area contributed by atoms with E-state index in [-0.39, 0.29) is 5.57 Å². The van der Waals surface area contributed by atoms with Crippen molar-refractivity contribution in [2.45, 2.75) is 26.4 Å². The average molecular weight is 258 g/mol. The van der Waals surface area contributed by atoms with Crippen molar-refractivity contribution in [3.05, 3.63) is 24.5 Å². The molecule has 0 aliphatic heterocycles. The Balaban J connectivity index is 3.80. The highest BCUT2D eigenvalue weighted by Gasteiger charge is 2.17. The van der Waals surface area contributed by atoms with Gasteiger partial charge in [-0.3, -0.25) is 0 Å². The minimum atomic E-state index is -0.940. The van der Waals surface area contributed by atoms with Gasteiger partial charge in [-0.05, 0) is 26.8 Å². The fourth-order valence-corrected chi connectivity index (χ4v) is 1.28. The molecule has 0 aliphatic rings. The first kappa shape index (κ1) is 16.7. The molecule has 0 saturated heterocycles. The fraction of sp³-hybridized carbons (Fsp3) is 0.615. The molecule has 0 rings (SSSR count). The lowest BCUT2D eigenvalue weighted by molar-refractivity contribution is -0.132. The van der Waals surface area contributed by atoms with Crippen molar-refractivity contribution in [2.24, 2.45) is 0 Å². The predicted molar refractivity (Wildman–Crippen MR) is 68.4 cm³/mol. The second-order valence-corrected chi connectivity index (χ2v) is 4.23. The van der Waals surface area contributed by atoms with Gasteiger partial charge in [-0.2, -0.15) is 0 Å². The lowest BCUT2D eigenvalue weighted by atomic mass is 10.1. The number of hydrogen-bond acceptors (Lipinski definition) is 4. The summed E-state index contributed by atoms with van der Waals surface area (Å²) >= 11 is 0. The van der Waals surface area contributed by atoms with Crippen LogP contribution >= 0.6 is 0 Å². The number of ether oxygens (including phenoxy) is 3. The van der Waals surface area contributed by atoms with Crippen molar-refractivity contribution in [2.75, 3.05) is 26.4 Å². The van der Waals surface area contributed by atoms with Gasteiger partial charge in [0.15, 0.2) is 0 Å². The smallest absolute Gasteiger partial charge is 0.331 e. The van der Waals surface area contributed by atoms with E-state index in [1.807, 2.05) is 0 Å². The van der Waals surface area contributed by atoms with Crippen molar-refractivity contribution < 1.29 is 24.1 Å². The third-order valence-corrected chi connectivity index (χ3v) is 2.07. The third-order valence-electron chi connectivity index (χ3n) is 2.07. The van der Waals surface area contributed by atoms with Crippen molar-refractivity contribution >= 4 is 5.97 Å². The minimum Gasteiger partial charge on any atom is -0.499 e. The van der Waals surface area contributed by atoms with E-state index in [2.05, 4.69) is 6.58 Å². The summed E-state index contributed by atoms with van der Waals surface area (Å²) in [6.07, 6.45) is 2.94. The maximum atomic E-state index is 10.7. The van der Waals surface area contributed by atoms with Crippen LogP contribution in [0.15, 0.2) is 24.5 Å². The SMILES string of the molecule is C=COCCOCCOC(C)(C)C=C(C)C(=O)O. The minimum absolute atomic E-state index is 0.264. The average Bonchev–Trinajstić information content (AvgIpc) is 2.27. The van der Waals surface area contributed by atoms with E-state index in [0.717, 1.165) is 0 Å². The molecule has 0 heterocycles. The molecule has 0 aliphatic carbocycles. The molecule has 0 fully saturated rings. The van der Waals surface area contributed by atoms with Gasteiger partial charge in [-0.1, -0.05) is 6.58 Å². The van der Waals surface area contributed by atoms with Crippen LogP contribution in [0.2, 0.25) is 0 Å². The molecule has 0 aromatic heterocycles. The van der Waals surface area contributed by atoms with Crippen LogP contribution < -0.4 is 0 Å². The normalized spacial score (nSPS) is 12.3. The molecule has 0 aromatic rings. The van der Waals surface area contributed by atoms with Crippen LogP contribution in [0.3, 0.4) is 0 Å². The molecule has 0 amide bonds. The topological polar surface area (TPSA) is 65.0 Å². The second kappa shape index (κ2) is 8.72. The summed E-state index contributed by atoms with van der Waals surface area (Å²) in [5, 5.41) is 8.77. The summed E-state index contributed by atoms with van der Waals surface area (Å²) in [6, 6.07) is 0. The maximum absolute atomic E-state index is 10.7. The zero-order valence-electron chi connectivity index (χ0n) is 11.3. The van der Waals surface area contributed by atoms with Crippen LogP contribution in [0.4, 0.5) is 0 Å². The van der Waals surface area contributed by atoms with E-state index in [9.17, 15) is 4.79 Å². The van der Waals surface area contributed by atoms with Crippen molar-refractivity contribution in [3.63, 3.8) is 0 Å². The van der Waals surface area contributed by atoms with Gasteiger partial charge >= 0.3 is 5.97 Å². The van der Waals surface area contributed by atoms with Gasteiger partial charge in [0.1, 0.15) is 6.61 Å². The number of aliphatic carboxylic acids is 1. The monoisotopic (exact) mass is 258 g/mol. The Labute approximate surface area is 108 Å². The standard InChI is InChI=1S/C13H22O5/c1-5-16-6-7-17-8-9-18-13(3,4)10-11(2)12(14)15/h5,10H,1,6-9H2,2-4H3,(H,14,15). The molecular formula is C13H22O5. The van der Waals surface area contributed by atoms with Gasteiger partial charge in [0, 0.05) is 5.57 Å².